The van der Waals surface area contributed by atoms with Crippen molar-refractivity contribution in [2.24, 2.45) is 0 Å². The van der Waals surface area contributed by atoms with Gasteiger partial charge in [-0.25, -0.2) is 0 Å². The van der Waals surface area contributed by atoms with Gasteiger partial charge in [0.15, 0.2) is 5.78 Å². The van der Waals surface area contributed by atoms with Crippen molar-refractivity contribution in [2.75, 3.05) is 11.5 Å². The molecule has 0 radical (unpaired) electrons. The van der Waals surface area contributed by atoms with Crippen molar-refractivity contribution in [1.29, 1.82) is 0 Å². The fourth-order valence-electron chi connectivity index (χ4n) is 0.510. The second kappa shape index (κ2) is 6.87. The Kier molecular flexibility index (Phi) is 6.71. The van der Waals surface area contributed by atoms with Gasteiger partial charge in [-0.2, -0.15) is 11.8 Å². The third-order valence-electron chi connectivity index (χ3n) is 0.915. The molecule has 0 amide bonds. The monoisotopic (exact) mass is 158 g/mol. The van der Waals surface area contributed by atoms with Crippen molar-refractivity contribution in [3.05, 3.63) is 12.2 Å². The summed E-state index contributed by atoms with van der Waals surface area (Å²) >= 11 is 1.86. The summed E-state index contributed by atoms with van der Waals surface area (Å²) in [5.74, 6) is 2.28. The zero-order valence-corrected chi connectivity index (χ0v) is 7.41. The van der Waals surface area contributed by atoms with Crippen molar-refractivity contribution in [1.82, 2.24) is 0 Å². The van der Waals surface area contributed by atoms with Crippen LogP contribution in [0.2, 0.25) is 0 Å². The molecule has 10 heavy (non-hydrogen) atoms. The zero-order chi connectivity index (χ0) is 7.82. The summed E-state index contributed by atoms with van der Waals surface area (Å²) in [5.41, 5.74) is 0. The summed E-state index contributed by atoms with van der Waals surface area (Å²) in [7, 11) is 0. The van der Waals surface area contributed by atoms with Crippen LogP contribution in [0.1, 0.15) is 20.3 Å². The standard InChI is InChI=1S/C8H14OS/c1-3-6-10-7-4-5-8(2)9/h4-5H,3,6-7H2,1-2H3/b5-4+. The van der Waals surface area contributed by atoms with Crippen LogP contribution < -0.4 is 0 Å². The van der Waals surface area contributed by atoms with E-state index in [0.29, 0.717) is 0 Å². The molecule has 0 saturated carbocycles. The van der Waals surface area contributed by atoms with Gasteiger partial charge in [0.1, 0.15) is 0 Å². The van der Waals surface area contributed by atoms with E-state index in [0.717, 1.165) is 5.75 Å². The van der Waals surface area contributed by atoms with Gasteiger partial charge < -0.3 is 0 Å². The molecule has 0 aromatic carbocycles. The van der Waals surface area contributed by atoms with Gasteiger partial charge in [-0.15, -0.1) is 0 Å². The van der Waals surface area contributed by atoms with E-state index in [9.17, 15) is 4.79 Å². The quantitative estimate of drug-likeness (QED) is 0.451. The molecule has 2 heteroatoms. The third kappa shape index (κ3) is 7.76. The average Bonchev–Trinajstić information content (AvgIpc) is 1.87. The maximum absolute atomic E-state index is 10.4. The average molecular weight is 158 g/mol. The van der Waals surface area contributed by atoms with Crippen molar-refractivity contribution in [3.8, 4) is 0 Å². The lowest BCUT2D eigenvalue weighted by Crippen LogP contribution is -1.81. The first-order valence-corrected chi connectivity index (χ1v) is 4.67. The van der Waals surface area contributed by atoms with Crippen LogP contribution in [0.3, 0.4) is 0 Å². The SMILES string of the molecule is CCCSC/C=C/C(C)=O. The lowest BCUT2D eigenvalue weighted by atomic mass is 10.4. The van der Waals surface area contributed by atoms with Crippen LogP contribution in [0.4, 0.5) is 0 Å². The summed E-state index contributed by atoms with van der Waals surface area (Å²) in [6.07, 6.45) is 4.75. The van der Waals surface area contributed by atoms with Crippen LogP contribution in [0.25, 0.3) is 0 Å². The molecule has 0 aliphatic rings. The van der Waals surface area contributed by atoms with Gasteiger partial charge in [-0.1, -0.05) is 13.0 Å². The van der Waals surface area contributed by atoms with Gasteiger partial charge >= 0.3 is 0 Å². The maximum Gasteiger partial charge on any atom is 0.152 e. The molecule has 0 fully saturated rings. The first kappa shape index (κ1) is 9.76. The van der Waals surface area contributed by atoms with E-state index in [1.807, 2.05) is 17.8 Å². The van der Waals surface area contributed by atoms with E-state index >= 15 is 0 Å². The number of carbonyl (C=O) groups is 1. The highest BCUT2D eigenvalue weighted by molar-refractivity contribution is 7.99. The van der Waals surface area contributed by atoms with Crippen molar-refractivity contribution >= 4 is 17.5 Å². The van der Waals surface area contributed by atoms with Crippen LogP contribution in [0.15, 0.2) is 12.2 Å². The number of rotatable bonds is 5. The van der Waals surface area contributed by atoms with Gasteiger partial charge in [0.05, 0.1) is 0 Å². The molecule has 0 heterocycles. The lowest BCUT2D eigenvalue weighted by Gasteiger charge is -1.90. The third-order valence-corrected chi connectivity index (χ3v) is 2.04. The Morgan fingerprint density at radius 3 is 2.80 bits per heavy atom. The number of ketones is 1. The molecular weight excluding hydrogens is 144 g/mol. The van der Waals surface area contributed by atoms with Crippen molar-refractivity contribution < 1.29 is 4.79 Å². The Balaban J connectivity index is 3.10. The Morgan fingerprint density at radius 1 is 1.60 bits per heavy atom. The molecule has 0 aromatic rings. The first-order valence-electron chi connectivity index (χ1n) is 3.52. The van der Waals surface area contributed by atoms with Gasteiger partial charge in [0.2, 0.25) is 0 Å². The largest absolute Gasteiger partial charge is 0.295 e. The second-order valence-electron chi connectivity index (χ2n) is 2.09. The molecule has 0 atom stereocenters. The van der Waals surface area contributed by atoms with E-state index in [1.165, 1.54) is 12.2 Å². The van der Waals surface area contributed by atoms with Crippen LogP contribution in [0, 0.1) is 0 Å². The van der Waals surface area contributed by atoms with E-state index in [-0.39, 0.29) is 5.78 Å². The fraction of sp³-hybridized carbons (Fsp3) is 0.625. The van der Waals surface area contributed by atoms with E-state index < -0.39 is 0 Å². The van der Waals surface area contributed by atoms with Crippen LogP contribution in [-0.4, -0.2) is 17.3 Å². The lowest BCUT2D eigenvalue weighted by molar-refractivity contribution is -0.112. The predicted octanol–water partition coefficient (Wildman–Crippen LogP) is 2.27. The molecular formula is C8H14OS. The molecule has 0 aromatic heterocycles. The summed E-state index contributed by atoms with van der Waals surface area (Å²) in [4.78, 5) is 10.4. The van der Waals surface area contributed by atoms with E-state index in [2.05, 4.69) is 6.92 Å². The Labute approximate surface area is 66.9 Å². The predicted molar refractivity (Wildman–Crippen MR) is 47.4 cm³/mol. The molecule has 0 unspecified atom stereocenters. The highest BCUT2D eigenvalue weighted by Gasteiger charge is 1.82. The molecule has 0 saturated heterocycles. The van der Waals surface area contributed by atoms with Crippen LogP contribution >= 0.6 is 11.8 Å². The molecule has 0 bridgehead atoms. The van der Waals surface area contributed by atoms with Gasteiger partial charge in [0.25, 0.3) is 0 Å². The molecule has 0 aliphatic carbocycles. The number of carbonyl (C=O) groups excluding carboxylic acids is 1. The molecule has 0 aliphatic heterocycles. The first-order chi connectivity index (χ1) is 4.77. The number of hydrogen-bond donors (Lipinski definition) is 0. The van der Waals surface area contributed by atoms with Gasteiger partial charge in [-0.3, -0.25) is 4.79 Å². The molecule has 58 valence electrons. The Bertz CT molecular complexity index is 118. The molecule has 0 spiro atoms. The van der Waals surface area contributed by atoms with Crippen LogP contribution in [0.5, 0.6) is 0 Å². The number of hydrogen-bond acceptors (Lipinski definition) is 2. The molecule has 0 rings (SSSR count). The van der Waals surface area contributed by atoms with E-state index in [4.69, 9.17) is 0 Å². The Hall–Kier alpha value is -0.240. The highest BCUT2D eigenvalue weighted by atomic mass is 32.2. The Morgan fingerprint density at radius 2 is 2.30 bits per heavy atom. The van der Waals surface area contributed by atoms with E-state index in [1.54, 1.807) is 13.0 Å². The minimum absolute atomic E-state index is 0.136. The summed E-state index contributed by atoms with van der Waals surface area (Å²) in [5, 5.41) is 0. The maximum atomic E-state index is 10.4. The minimum Gasteiger partial charge on any atom is -0.295 e. The smallest absolute Gasteiger partial charge is 0.152 e. The number of allylic oxidation sites excluding steroid dienone is 1. The summed E-state index contributed by atoms with van der Waals surface area (Å²) < 4.78 is 0. The van der Waals surface area contributed by atoms with Crippen LogP contribution in [-0.2, 0) is 4.79 Å². The zero-order valence-electron chi connectivity index (χ0n) is 6.59. The summed E-state index contributed by atoms with van der Waals surface area (Å²) in [6, 6.07) is 0. The highest BCUT2D eigenvalue weighted by Crippen LogP contribution is 2.01. The molecule has 1 nitrogen and oxygen atoms in total. The molecule has 0 N–H and O–H groups in total. The summed E-state index contributed by atoms with van der Waals surface area (Å²) in [6.45, 7) is 3.72. The van der Waals surface area contributed by atoms with Crippen molar-refractivity contribution in [2.45, 2.75) is 20.3 Å². The normalized spacial score (nSPS) is 10.6. The minimum atomic E-state index is 0.136. The van der Waals surface area contributed by atoms with Crippen molar-refractivity contribution in [3.63, 3.8) is 0 Å². The number of thioether (sulfide) groups is 1. The fourth-order valence-corrected chi connectivity index (χ4v) is 1.20. The topological polar surface area (TPSA) is 17.1 Å². The van der Waals surface area contributed by atoms with Gasteiger partial charge in [-0.05, 0) is 25.2 Å². The van der Waals surface area contributed by atoms with Gasteiger partial charge in [0, 0.05) is 5.75 Å². The second-order valence-corrected chi connectivity index (χ2v) is 3.24.